The quantitative estimate of drug-likeness (QED) is 0.363. The van der Waals surface area contributed by atoms with Crippen LogP contribution in [0.4, 0.5) is 5.69 Å². The lowest BCUT2D eigenvalue weighted by atomic mass is 10.0. The number of nitrogens with one attached hydrogen (secondary N) is 1. The predicted octanol–water partition coefficient (Wildman–Crippen LogP) is 3.58. The molecule has 0 aliphatic carbocycles. The van der Waals surface area contributed by atoms with Gasteiger partial charge < -0.3 is 19.5 Å². The smallest absolute Gasteiger partial charge is 0.249 e. The van der Waals surface area contributed by atoms with Crippen molar-refractivity contribution in [2.24, 2.45) is 0 Å². The van der Waals surface area contributed by atoms with Gasteiger partial charge in [-0.1, -0.05) is 47.2 Å². The van der Waals surface area contributed by atoms with Gasteiger partial charge in [0, 0.05) is 24.9 Å². The molecule has 1 fully saturated rings. The zero-order valence-corrected chi connectivity index (χ0v) is 22.3. The van der Waals surface area contributed by atoms with E-state index in [0.29, 0.717) is 54.6 Å². The molecule has 1 N–H and O–H groups in total. The zero-order valence-electron chi connectivity index (χ0n) is 22.3. The van der Waals surface area contributed by atoms with Crippen LogP contribution in [0.2, 0.25) is 0 Å². The number of hydrogen-bond acceptors (Lipinski definition) is 7. The number of aryl methyl sites for hydroxylation is 1. The molecule has 2 amide bonds. The first-order chi connectivity index (χ1) is 19.6. The summed E-state index contributed by atoms with van der Waals surface area (Å²) in [6.45, 7) is 3.78. The number of fused-ring (bicyclic) bond motifs is 2. The minimum atomic E-state index is -0.952. The molecule has 0 spiro atoms. The van der Waals surface area contributed by atoms with E-state index in [2.05, 4.69) is 15.6 Å². The van der Waals surface area contributed by atoms with Crippen LogP contribution in [0.5, 0.6) is 11.5 Å². The fraction of sp³-hybridized carbons (Fsp3) is 0.333. The molecule has 2 aliphatic rings. The normalized spacial score (nSPS) is 17.0. The van der Waals surface area contributed by atoms with Gasteiger partial charge in [-0.25, -0.2) is 4.68 Å². The third-order valence-electron chi connectivity index (χ3n) is 7.21. The van der Waals surface area contributed by atoms with Crippen molar-refractivity contribution in [3.05, 3.63) is 77.9 Å². The molecular formula is C30H31N5O5. The number of nitrogens with zero attached hydrogens (tertiary/aromatic N) is 4. The van der Waals surface area contributed by atoms with Gasteiger partial charge in [-0.15, -0.1) is 5.10 Å². The summed E-state index contributed by atoms with van der Waals surface area (Å²) in [5.74, 6) is 0.491. The topological polar surface area (TPSA) is 108 Å². The van der Waals surface area contributed by atoms with Crippen LogP contribution in [0.15, 0.2) is 66.7 Å². The van der Waals surface area contributed by atoms with E-state index in [1.165, 1.54) is 4.90 Å². The van der Waals surface area contributed by atoms with Gasteiger partial charge in [0.05, 0.1) is 11.6 Å². The Morgan fingerprint density at radius 2 is 1.82 bits per heavy atom. The van der Waals surface area contributed by atoms with E-state index in [9.17, 15) is 9.59 Å². The average Bonchev–Trinajstić information content (AvgIpc) is 3.65. The maximum Gasteiger partial charge on any atom is 0.249 e. The first-order valence-corrected chi connectivity index (χ1v) is 13.5. The zero-order chi connectivity index (χ0) is 27.5. The molecule has 0 saturated carbocycles. The fourth-order valence-corrected chi connectivity index (χ4v) is 5.14. The number of rotatable bonds is 8. The molecule has 2 atom stereocenters. The molecule has 0 bridgehead atoms. The number of hydrogen-bond donors (Lipinski definition) is 1. The highest BCUT2D eigenvalue weighted by Gasteiger charge is 2.34. The van der Waals surface area contributed by atoms with E-state index in [4.69, 9.17) is 14.2 Å². The molecule has 4 aromatic rings. The monoisotopic (exact) mass is 541 g/mol. The first-order valence-electron chi connectivity index (χ1n) is 13.5. The average molecular weight is 542 g/mol. The summed E-state index contributed by atoms with van der Waals surface area (Å²) in [5, 5.41) is 11.5. The largest absolute Gasteiger partial charge is 0.486 e. The van der Waals surface area contributed by atoms with E-state index in [-0.39, 0.29) is 24.5 Å². The number of benzene rings is 3. The Morgan fingerprint density at radius 3 is 2.62 bits per heavy atom. The molecule has 1 aromatic heterocycles. The summed E-state index contributed by atoms with van der Waals surface area (Å²) in [7, 11) is 0. The predicted molar refractivity (Wildman–Crippen MR) is 148 cm³/mol. The second kappa shape index (κ2) is 11.4. The van der Waals surface area contributed by atoms with Crippen molar-refractivity contribution >= 4 is 28.5 Å². The van der Waals surface area contributed by atoms with Crippen LogP contribution in [0.1, 0.15) is 30.0 Å². The highest BCUT2D eigenvalue weighted by atomic mass is 16.6. The Hall–Kier alpha value is -4.44. The summed E-state index contributed by atoms with van der Waals surface area (Å²) < 4.78 is 18.8. The molecule has 10 nitrogen and oxygen atoms in total. The van der Waals surface area contributed by atoms with Crippen molar-refractivity contribution in [3.63, 3.8) is 0 Å². The molecule has 0 radical (unpaired) electrons. The minimum Gasteiger partial charge on any atom is -0.486 e. The number of amides is 2. The molecule has 40 heavy (non-hydrogen) atoms. The van der Waals surface area contributed by atoms with Crippen LogP contribution in [0.3, 0.4) is 0 Å². The van der Waals surface area contributed by atoms with Gasteiger partial charge in [-0.2, -0.15) is 0 Å². The van der Waals surface area contributed by atoms with Crippen molar-refractivity contribution in [3.8, 4) is 11.5 Å². The number of para-hydroxylation sites is 1. The summed E-state index contributed by atoms with van der Waals surface area (Å²) in [5.41, 5.74) is 3.66. The number of carbonyl (C=O) groups excluding carboxylic acids is 2. The lowest BCUT2D eigenvalue weighted by Crippen LogP contribution is -2.46. The summed E-state index contributed by atoms with van der Waals surface area (Å²) in [6.07, 6.45) is 1.82. The Bertz CT molecular complexity index is 1510. The molecule has 2 aliphatic heterocycles. The molecule has 3 aromatic carbocycles. The Morgan fingerprint density at radius 1 is 1.02 bits per heavy atom. The molecular weight excluding hydrogens is 510 g/mol. The minimum absolute atomic E-state index is 0.0393. The first kappa shape index (κ1) is 25.8. The maximum atomic E-state index is 14.2. The van der Waals surface area contributed by atoms with Gasteiger partial charge in [-0.05, 0) is 49.6 Å². The van der Waals surface area contributed by atoms with Crippen molar-refractivity contribution < 1.29 is 23.8 Å². The summed E-state index contributed by atoms with van der Waals surface area (Å²) >= 11 is 0. The highest BCUT2D eigenvalue weighted by Crippen LogP contribution is 2.37. The van der Waals surface area contributed by atoms with E-state index in [0.717, 1.165) is 23.9 Å². The number of anilines is 1. The molecule has 6 rings (SSSR count). The van der Waals surface area contributed by atoms with Gasteiger partial charge in [0.15, 0.2) is 11.5 Å². The van der Waals surface area contributed by atoms with Crippen LogP contribution >= 0.6 is 0 Å². The van der Waals surface area contributed by atoms with Gasteiger partial charge in [0.25, 0.3) is 0 Å². The SMILES string of the molecule is Cc1ccc(C(C(=O)NCC2CCCO2)N(C(=O)Cn2nnc3ccccc32)c2ccc3c(c2)OCCO3)cc1. The lowest BCUT2D eigenvalue weighted by molar-refractivity contribution is -0.127. The second-order valence-corrected chi connectivity index (χ2v) is 10.0. The highest BCUT2D eigenvalue weighted by molar-refractivity contribution is 6.01. The van der Waals surface area contributed by atoms with E-state index >= 15 is 0 Å². The molecule has 206 valence electrons. The standard InChI is InChI=1S/C30H31N5O5/c1-20-8-10-21(11-9-20)29(30(37)31-18-23-5-4-14-38-23)35(22-12-13-26-27(17-22)40-16-15-39-26)28(36)19-34-25-7-3-2-6-24(25)32-33-34/h2-3,6-13,17,23,29H,4-5,14-16,18-19H2,1H3,(H,31,37). The Kier molecular flexibility index (Phi) is 7.33. The third-order valence-corrected chi connectivity index (χ3v) is 7.21. The Balaban J connectivity index is 1.40. The molecule has 2 unspecified atom stereocenters. The van der Waals surface area contributed by atoms with E-state index in [1.807, 2.05) is 55.5 Å². The summed E-state index contributed by atoms with van der Waals surface area (Å²) in [6, 6.07) is 19.4. The molecule has 1 saturated heterocycles. The fourth-order valence-electron chi connectivity index (χ4n) is 5.14. The van der Waals surface area contributed by atoms with Gasteiger partial charge in [-0.3, -0.25) is 14.5 Å². The van der Waals surface area contributed by atoms with Crippen molar-refractivity contribution in [2.45, 2.75) is 38.5 Å². The molecule has 10 heteroatoms. The van der Waals surface area contributed by atoms with Crippen molar-refractivity contribution in [1.82, 2.24) is 20.3 Å². The van der Waals surface area contributed by atoms with Crippen molar-refractivity contribution in [2.75, 3.05) is 31.3 Å². The second-order valence-electron chi connectivity index (χ2n) is 10.0. The molecule has 3 heterocycles. The lowest BCUT2D eigenvalue weighted by Gasteiger charge is -2.32. The maximum absolute atomic E-state index is 14.2. The van der Waals surface area contributed by atoms with E-state index < -0.39 is 6.04 Å². The number of carbonyl (C=O) groups is 2. The van der Waals surface area contributed by atoms with Gasteiger partial charge in [0.1, 0.15) is 31.3 Å². The van der Waals surface area contributed by atoms with Crippen LogP contribution < -0.4 is 19.7 Å². The Labute approximate surface area is 231 Å². The summed E-state index contributed by atoms with van der Waals surface area (Å²) in [4.78, 5) is 29.7. The van der Waals surface area contributed by atoms with Gasteiger partial charge in [0.2, 0.25) is 11.8 Å². The van der Waals surface area contributed by atoms with Crippen molar-refractivity contribution in [1.29, 1.82) is 0 Å². The third kappa shape index (κ3) is 5.35. The van der Waals surface area contributed by atoms with Gasteiger partial charge >= 0.3 is 0 Å². The van der Waals surface area contributed by atoms with Crippen LogP contribution in [-0.2, 0) is 20.9 Å². The van der Waals surface area contributed by atoms with Crippen LogP contribution in [0.25, 0.3) is 11.0 Å². The number of aromatic nitrogens is 3. The van der Waals surface area contributed by atoms with E-state index in [1.54, 1.807) is 22.9 Å². The number of ether oxygens (including phenoxy) is 3. The van der Waals surface area contributed by atoms with Crippen LogP contribution in [0, 0.1) is 6.92 Å². The van der Waals surface area contributed by atoms with Crippen LogP contribution in [-0.4, -0.2) is 59.3 Å².